The zero-order valence-corrected chi connectivity index (χ0v) is 10.5. The summed E-state index contributed by atoms with van der Waals surface area (Å²) in [6.45, 7) is 1.60. The van der Waals surface area contributed by atoms with Crippen molar-refractivity contribution in [2.45, 2.75) is 12.6 Å². The van der Waals surface area contributed by atoms with Gasteiger partial charge in [-0.2, -0.15) is 5.10 Å². The molecule has 1 atom stereocenters. The van der Waals surface area contributed by atoms with E-state index in [4.69, 9.17) is 0 Å². The minimum atomic E-state index is -3.13. The Morgan fingerprint density at radius 2 is 2.24 bits per heavy atom. The van der Waals surface area contributed by atoms with E-state index >= 15 is 0 Å². The van der Waals surface area contributed by atoms with Gasteiger partial charge >= 0.3 is 0 Å². The van der Waals surface area contributed by atoms with Gasteiger partial charge in [-0.3, -0.25) is 4.68 Å². The number of sulfonamides is 1. The molecule has 1 aromatic heterocycles. The second-order valence-electron chi connectivity index (χ2n) is 3.75. The Hall–Kier alpha value is -0.960. The van der Waals surface area contributed by atoms with E-state index in [1.807, 2.05) is 0 Å². The van der Waals surface area contributed by atoms with Crippen LogP contribution in [0.2, 0.25) is 0 Å². The highest BCUT2D eigenvalue weighted by molar-refractivity contribution is 7.88. The molecular formula is C9H18N4O3S. The van der Waals surface area contributed by atoms with E-state index < -0.39 is 16.1 Å². The lowest BCUT2D eigenvalue weighted by Crippen LogP contribution is -2.36. The predicted octanol–water partition coefficient (Wildman–Crippen LogP) is -1.62. The van der Waals surface area contributed by atoms with Crippen molar-refractivity contribution in [2.24, 2.45) is 0 Å². The van der Waals surface area contributed by atoms with E-state index in [9.17, 15) is 13.5 Å². The molecule has 1 heterocycles. The first kappa shape index (κ1) is 14.1. The fourth-order valence-electron chi connectivity index (χ4n) is 1.28. The van der Waals surface area contributed by atoms with Crippen LogP contribution in [0.1, 0.15) is 0 Å². The first-order valence-corrected chi connectivity index (χ1v) is 7.17. The molecule has 0 aliphatic heterocycles. The van der Waals surface area contributed by atoms with Crippen LogP contribution in [0.25, 0.3) is 0 Å². The van der Waals surface area contributed by atoms with Gasteiger partial charge in [-0.05, 0) is 6.07 Å². The number of rotatable bonds is 8. The predicted molar refractivity (Wildman–Crippen MR) is 64.0 cm³/mol. The summed E-state index contributed by atoms with van der Waals surface area (Å²) in [5.41, 5.74) is 0. The van der Waals surface area contributed by atoms with Gasteiger partial charge in [-0.1, -0.05) is 0 Å². The molecular weight excluding hydrogens is 244 g/mol. The highest BCUT2D eigenvalue weighted by atomic mass is 32.2. The molecule has 17 heavy (non-hydrogen) atoms. The van der Waals surface area contributed by atoms with E-state index in [0.717, 1.165) is 6.26 Å². The smallest absolute Gasteiger partial charge is 0.208 e. The Kier molecular flexibility index (Phi) is 5.56. The van der Waals surface area contributed by atoms with Crippen molar-refractivity contribution in [1.29, 1.82) is 0 Å². The molecule has 0 aliphatic carbocycles. The molecule has 0 saturated heterocycles. The zero-order chi connectivity index (χ0) is 12.7. The van der Waals surface area contributed by atoms with Gasteiger partial charge in [-0.15, -0.1) is 0 Å². The molecule has 8 heteroatoms. The van der Waals surface area contributed by atoms with E-state index in [0.29, 0.717) is 26.2 Å². The second kappa shape index (κ2) is 6.70. The molecule has 0 aromatic carbocycles. The summed E-state index contributed by atoms with van der Waals surface area (Å²) in [6, 6.07) is 1.79. The minimum Gasteiger partial charge on any atom is -0.390 e. The van der Waals surface area contributed by atoms with Crippen LogP contribution in [-0.4, -0.2) is 55.3 Å². The summed E-state index contributed by atoms with van der Waals surface area (Å²) in [6.07, 6.45) is 3.98. The summed E-state index contributed by atoms with van der Waals surface area (Å²) < 4.78 is 25.5. The molecule has 0 aliphatic rings. The van der Waals surface area contributed by atoms with Crippen LogP contribution in [-0.2, 0) is 16.6 Å². The topological polar surface area (TPSA) is 96.3 Å². The second-order valence-corrected chi connectivity index (χ2v) is 5.59. The average Bonchev–Trinajstić information content (AvgIpc) is 2.68. The number of hydrogen-bond acceptors (Lipinski definition) is 5. The van der Waals surface area contributed by atoms with Gasteiger partial charge in [0.2, 0.25) is 10.0 Å². The SMILES string of the molecule is CS(=O)(=O)NCCNCC(O)Cn1cccn1. The zero-order valence-electron chi connectivity index (χ0n) is 9.70. The van der Waals surface area contributed by atoms with Gasteiger partial charge in [-0.25, -0.2) is 13.1 Å². The summed E-state index contributed by atoms with van der Waals surface area (Å²) >= 11 is 0. The van der Waals surface area contributed by atoms with Crippen LogP contribution in [0, 0.1) is 0 Å². The van der Waals surface area contributed by atoms with Crippen LogP contribution < -0.4 is 10.0 Å². The maximum Gasteiger partial charge on any atom is 0.208 e. The Bertz CT molecular complexity index is 404. The minimum absolute atomic E-state index is 0.313. The highest BCUT2D eigenvalue weighted by Gasteiger charge is 2.05. The van der Waals surface area contributed by atoms with Gasteiger partial charge in [0.1, 0.15) is 0 Å². The van der Waals surface area contributed by atoms with Crippen LogP contribution in [0.15, 0.2) is 18.5 Å². The van der Waals surface area contributed by atoms with Crippen molar-refractivity contribution in [1.82, 2.24) is 19.8 Å². The van der Waals surface area contributed by atoms with Crippen LogP contribution in [0.3, 0.4) is 0 Å². The molecule has 0 saturated carbocycles. The fraction of sp³-hybridized carbons (Fsp3) is 0.667. The summed E-state index contributed by atoms with van der Waals surface area (Å²) in [5.74, 6) is 0. The van der Waals surface area contributed by atoms with E-state index in [-0.39, 0.29) is 0 Å². The van der Waals surface area contributed by atoms with E-state index in [2.05, 4.69) is 15.1 Å². The molecule has 1 unspecified atom stereocenters. The standard InChI is InChI=1S/C9H18N4O3S/c1-17(15,16)12-5-4-10-7-9(14)8-13-6-2-3-11-13/h2-3,6,9-10,12,14H,4-5,7-8H2,1H3. The number of aliphatic hydroxyl groups excluding tert-OH is 1. The Morgan fingerprint density at radius 1 is 1.47 bits per heavy atom. The molecule has 0 amide bonds. The van der Waals surface area contributed by atoms with Crippen LogP contribution in [0.4, 0.5) is 0 Å². The normalized spacial score (nSPS) is 13.8. The Labute approximate surface area is 101 Å². The molecule has 1 aromatic rings. The molecule has 7 nitrogen and oxygen atoms in total. The highest BCUT2D eigenvalue weighted by Crippen LogP contribution is 1.89. The molecule has 1 rings (SSSR count). The lowest BCUT2D eigenvalue weighted by Gasteiger charge is -2.11. The van der Waals surface area contributed by atoms with Crippen LogP contribution >= 0.6 is 0 Å². The third kappa shape index (κ3) is 7.05. The third-order valence-corrected chi connectivity index (χ3v) is 2.73. The lowest BCUT2D eigenvalue weighted by molar-refractivity contribution is 0.147. The first-order chi connectivity index (χ1) is 7.97. The van der Waals surface area contributed by atoms with Crippen molar-refractivity contribution >= 4 is 10.0 Å². The summed E-state index contributed by atoms with van der Waals surface area (Å²) in [7, 11) is -3.13. The maximum absolute atomic E-state index is 10.7. The van der Waals surface area contributed by atoms with Gasteiger partial charge in [0, 0.05) is 32.0 Å². The van der Waals surface area contributed by atoms with Crippen molar-refractivity contribution in [3.63, 3.8) is 0 Å². The quantitative estimate of drug-likeness (QED) is 0.489. The number of nitrogens with one attached hydrogen (secondary N) is 2. The lowest BCUT2D eigenvalue weighted by atomic mass is 10.3. The van der Waals surface area contributed by atoms with E-state index in [1.165, 1.54) is 0 Å². The van der Waals surface area contributed by atoms with Gasteiger partial charge < -0.3 is 10.4 Å². The average molecular weight is 262 g/mol. The van der Waals surface area contributed by atoms with E-state index in [1.54, 1.807) is 23.1 Å². The van der Waals surface area contributed by atoms with Crippen molar-refractivity contribution in [3.05, 3.63) is 18.5 Å². The molecule has 98 valence electrons. The number of nitrogens with zero attached hydrogens (tertiary/aromatic N) is 2. The fourth-order valence-corrected chi connectivity index (χ4v) is 1.76. The Balaban J connectivity index is 2.06. The van der Waals surface area contributed by atoms with Crippen molar-refractivity contribution in [3.8, 4) is 0 Å². The van der Waals surface area contributed by atoms with Gasteiger partial charge in [0.15, 0.2) is 0 Å². The molecule has 0 bridgehead atoms. The van der Waals surface area contributed by atoms with Crippen molar-refractivity contribution < 1.29 is 13.5 Å². The monoisotopic (exact) mass is 262 g/mol. The molecule has 0 spiro atoms. The van der Waals surface area contributed by atoms with Crippen molar-refractivity contribution in [2.75, 3.05) is 25.9 Å². The largest absolute Gasteiger partial charge is 0.390 e. The molecule has 3 N–H and O–H groups in total. The van der Waals surface area contributed by atoms with Gasteiger partial charge in [0.25, 0.3) is 0 Å². The summed E-state index contributed by atoms with van der Waals surface area (Å²) in [4.78, 5) is 0. The third-order valence-electron chi connectivity index (χ3n) is 2.00. The Morgan fingerprint density at radius 3 is 2.82 bits per heavy atom. The number of aliphatic hydroxyl groups is 1. The first-order valence-electron chi connectivity index (χ1n) is 5.28. The molecule has 0 fully saturated rings. The summed E-state index contributed by atoms with van der Waals surface area (Å²) in [5, 5.41) is 16.5. The number of hydrogen-bond donors (Lipinski definition) is 3. The van der Waals surface area contributed by atoms with Crippen LogP contribution in [0.5, 0.6) is 0 Å². The number of aromatic nitrogens is 2. The maximum atomic E-state index is 10.7. The molecule has 0 radical (unpaired) electrons. The van der Waals surface area contributed by atoms with Gasteiger partial charge in [0.05, 0.1) is 18.9 Å².